The van der Waals surface area contributed by atoms with Crippen molar-refractivity contribution in [3.05, 3.63) is 51.2 Å². The van der Waals surface area contributed by atoms with Gasteiger partial charge in [-0.1, -0.05) is 29.5 Å². The molecule has 2 heterocycles. The first-order chi connectivity index (χ1) is 16.9. The van der Waals surface area contributed by atoms with Gasteiger partial charge in [-0.15, -0.1) is 21.5 Å². The van der Waals surface area contributed by atoms with E-state index >= 15 is 0 Å². The molecule has 0 spiro atoms. The predicted molar refractivity (Wildman–Crippen MR) is 138 cm³/mol. The number of esters is 1. The van der Waals surface area contributed by atoms with Crippen LogP contribution in [0.4, 0.5) is 5.00 Å². The number of aromatic nitrogens is 3. The lowest BCUT2D eigenvalue weighted by molar-refractivity contribution is -0.113. The Morgan fingerprint density at radius 2 is 2.00 bits per heavy atom. The van der Waals surface area contributed by atoms with E-state index < -0.39 is 0 Å². The fourth-order valence-corrected chi connectivity index (χ4v) is 6.09. The third kappa shape index (κ3) is 5.87. The van der Waals surface area contributed by atoms with Gasteiger partial charge in [0.15, 0.2) is 11.0 Å². The van der Waals surface area contributed by atoms with E-state index in [0.29, 0.717) is 28.2 Å². The van der Waals surface area contributed by atoms with Gasteiger partial charge in [0, 0.05) is 11.9 Å². The number of hydrogen-bond donors (Lipinski definition) is 1. The Balaban J connectivity index is 1.38. The second-order valence-electron chi connectivity index (χ2n) is 8.49. The van der Waals surface area contributed by atoms with Crippen LogP contribution in [0.5, 0.6) is 5.75 Å². The number of thiophene rings is 1. The molecule has 1 aliphatic carbocycles. The number of nitrogens with one attached hydrogen (secondary N) is 1. The van der Waals surface area contributed by atoms with Gasteiger partial charge >= 0.3 is 5.97 Å². The molecule has 0 saturated heterocycles. The molecule has 8 nitrogen and oxygen atoms in total. The number of amides is 1. The molecule has 4 rings (SSSR count). The summed E-state index contributed by atoms with van der Waals surface area (Å²) in [5, 5.41) is 12.6. The van der Waals surface area contributed by atoms with Crippen molar-refractivity contribution in [1.29, 1.82) is 0 Å². The van der Waals surface area contributed by atoms with E-state index in [9.17, 15) is 9.59 Å². The van der Waals surface area contributed by atoms with Crippen LogP contribution in [-0.4, -0.2) is 39.0 Å². The van der Waals surface area contributed by atoms with E-state index in [2.05, 4.69) is 21.6 Å². The molecule has 0 aliphatic heterocycles. The number of carbonyl (C=O) groups excluding carboxylic acids is 2. The molecule has 10 heteroatoms. The lowest BCUT2D eigenvalue weighted by atomic mass is 9.95. The number of rotatable bonds is 9. The van der Waals surface area contributed by atoms with Crippen molar-refractivity contribution >= 4 is 40.0 Å². The third-order valence-electron chi connectivity index (χ3n) is 5.85. The summed E-state index contributed by atoms with van der Waals surface area (Å²) in [5.41, 5.74) is 3.80. The highest BCUT2D eigenvalue weighted by molar-refractivity contribution is 7.99. The van der Waals surface area contributed by atoms with Crippen molar-refractivity contribution in [2.45, 2.75) is 58.2 Å². The summed E-state index contributed by atoms with van der Waals surface area (Å²) in [6.07, 6.45) is 3.92. The van der Waals surface area contributed by atoms with E-state index in [0.717, 1.165) is 42.6 Å². The Morgan fingerprint density at radius 1 is 1.20 bits per heavy atom. The van der Waals surface area contributed by atoms with E-state index in [1.54, 1.807) is 6.92 Å². The van der Waals surface area contributed by atoms with Crippen LogP contribution in [0.25, 0.3) is 0 Å². The van der Waals surface area contributed by atoms with Crippen molar-refractivity contribution < 1.29 is 19.1 Å². The van der Waals surface area contributed by atoms with Crippen LogP contribution in [0.15, 0.2) is 23.4 Å². The van der Waals surface area contributed by atoms with Gasteiger partial charge in [-0.05, 0) is 63.6 Å². The topological polar surface area (TPSA) is 95.3 Å². The first-order valence-electron chi connectivity index (χ1n) is 11.7. The van der Waals surface area contributed by atoms with Gasteiger partial charge in [0.2, 0.25) is 5.91 Å². The second kappa shape index (κ2) is 11.3. The number of benzene rings is 1. The Labute approximate surface area is 213 Å². The van der Waals surface area contributed by atoms with E-state index in [-0.39, 0.29) is 24.2 Å². The van der Waals surface area contributed by atoms with Crippen LogP contribution < -0.4 is 10.1 Å². The van der Waals surface area contributed by atoms with Crippen LogP contribution in [0.1, 0.15) is 57.5 Å². The minimum absolute atomic E-state index is 0.148. The number of aryl methyl sites for hydroxylation is 3. The number of nitrogens with zero attached hydrogens (tertiary/aromatic N) is 3. The lowest BCUT2D eigenvalue weighted by Crippen LogP contribution is -2.17. The smallest absolute Gasteiger partial charge is 0.341 e. The molecule has 3 aromatic rings. The normalized spacial score (nSPS) is 12.8. The van der Waals surface area contributed by atoms with Crippen LogP contribution in [-0.2, 0) is 36.0 Å². The summed E-state index contributed by atoms with van der Waals surface area (Å²) in [4.78, 5) is 26.5. The Kier molecular flexibility index (Phi) is 8.12. The fourth-order valence-electron chi connectivity index (χ4n) is 4.07. The van der Waals surface area contributed by atoms with Gasteiger partial charge in [-0.25, -0.2) is 4.79 Å². The molecule has 1 amide bonds. The second-order valence-corrected chi connectivity index (χ2v) is 10.5. The van der Waals surface area contributed by atoms with Crippen LogP contribution in [0.2, 0.25) is 0 Å². The zero-order chi connectivity index (χ0) is 24.9. The molecule has 0 saturated carbocycles. The van der Waals surface area contributed by atoms with Gasteiger partial charge < -0.3 is 19.4 Å². The summed E-state index contributed by atoms with van der Waals surface area (Å²) in [5.74, 6) is 1.06. The number of hydrogen-bond acceptors (Lipinski definition) is 8. The molecule has 0 radical (unpaired) electrons. The number of ether oxygens (including phenoxy) is 2. The average molecular weight is 515 g/mol. The van der Waals surface area contributed by atoms with Crippen LogP contribution >= 0.6 is 23.1 Å². The Morgan fingerprint density at radius 3 is 2.77 bits per heavy atom. The molecule has 186 valence electrons. The first-order valence-corrected chi connectivity index (χ1v) is 13.5. The summed E-state index contributed by atoms with van der Waals surface area (Å²) in [6.45, 7) is 6.42. The Hall–Kier alpha value is -2.85. The lowest BCUT2D eigenvalue weighted by Gasteiger charge is -2.12. The number of anilines is 1. The summed E-state index contributed by atoms with van der Waals surface area (Å²) in [7, 11) is 1.85. The van der Waals surface area contributed by atoms with Crippen molar-refractivity contribution in [3.8, 4) is 5.75 Å². The fraction of sp³-hybridized carbons (Fsp3) is 0.440. The monoisotopic (exact) mass is 514 g/mol. The zero-order valence-electron chi connectivity index (χ0n) is 20.5. The van der Waals surface area contributed by atoms with Crippen LogP contribution in [0.3, 0.4) is 0 Å². The molecule has 35 heavy (non-hydrogen) atoms. The highest BCUT2D eigenvalue weighted by Gasteiger charge is 2.27. The molecule has 0 unspecified atom stereocenters. The Bertz CT molecular complexity index is 1230. The number of fused-ring (bicyclic) bond motifs is 1. The molecule has 1 aliphatic rings. The standard InChI is InChI=1S/C25H30N4O4S2/c1-5-32-24(31)22-17-8-6-7-9-19(17)35-23(22)26-21(30)14-34-25-28-27-20(29(25)4)13-33-18-11-10-15(2)12-16(18)3/h10-12H,5-9,13-14H2,1-4H3,(H,26,30). The van der Waals surface area contributed by atoms with Crippen molar-refractivity contribution in [2.75, 3.05) is 17.7 Å². The first kappa shape index (κ1) is 25.2. The minimum Gasteiger partial charge on any atom is -0.485 e. The van der Waals surface area contributed by atoms with Gasteiger partial charge in [0.05, 0.1) is 17.9 Å². The SMILES string of the molecule is CCOC(=O)c1c(NC(=O)CSc2nnc(COc3ccc(C)cc3C)n2C)sc2c1CCCC2. The van der Waals surface area contributed by atoms with E-state index in [1.165, 1.54) is 33.5 Å². The van der Waals surface area contributed by atoms with Gasteiger partial charge in [0.1, 0.15) is 17.4 Å². The predicted octanol–water partition coefficient (Wildman–Crippen LogP) is 4.86. The largest absolute Gasteiger partial charge is 0.485 e. The molecular formula is C25H30N4O4S2. The maximum atomic E-state index is 12.8. The van der Waals surface area contributed by atoms with Gasteiger partial charge in [0.25, 0.3) is 0 Å². The molecule has 0 bridgehead atoms. The average Bonchev–Trinajstić information content (AvgIpc) is 3.36. The van der Waals surface area contributed by atoms with Crippen LogP contribution in [0, 0.1) is 13.8 Å². The van der Waals surface area contributed by atoms with E-state index in [4.69, 9.17) is 9.47 Å². The van der Waals surface area contributed by atoms with Gasteiger partial charge in [-0.3, -0.25) is 4.79 Å². The maximum Gasteiger partial charge on any atom is 0.341 e. The number of thioether (sulfide) groups is 1. The number of carbonyl (C=O) groups is 2. The highest BCUT2D eigenvalue weighted by Crippen LogP contribution is 2.38. The summed E-state index contributed by atoms with van der Waals surface area (Å²) in [6, 6.07) is 6.04. The molecule has 2 aromatic heterocycles. The maximum absolute atomic E-state index is 12.8. The summed E-state index contributed by atoms with van der Waals surface area (Å²) < 4.78 is 13.0. The molecule has 1 N–H and O–H groups in total. The van der Waals surface area contributed by atoms with E-state index in [1.807, 2.05) is 37.6 Å². The van der Waals surface area contributed by atoms with Crippen molar-refractivity contribution in [1.82, 2.24) is 14.8 Å². The zero-order valence-corrected chi connectivity index (χ0v) is 22.1. The molecule has 0 atom stereocenters. The van der Waals surface area contributed by atoms with Crippen molar-refractivity contribution in [3.63, 3.8) is 0 Å². The van der Waals surface area contributed by atoms with Crippen molar-refractivity contribution in [2.24, 2.45) is 7.05 Å². The third-order valence-corrected chi connectivity index (χ3v) is 8.08. The molecule has 0 fully saturated rings. The highest BCUT2D eigenvalue weighted by atomic mass is 32.2. The summed E-state index contributed by atoms with van der Waals surface area (Å²) >= 11 is 2.78. The quantitative estimate of drug-likeness (QED) is 0.322. The molecule has 1 aromatic carbocycles. The minimum atomic E-state index is -0.364. The molecular weight excluding hydrogens is 484 g/mol. The van der Waals surface area contributed by atoms with Gasteiger partial charge in [-0.2, -0.15) is 0 Å².